The van der Waals surface area contributed by atoms with Gasteiger partial charge in [0.25, 0.3) is 0 Å². The van der Waals surface area contributed by atoms with E-state index in [0.717, 1.165) is 36.2 Å². The summed E-state index contributed by atoms with van der Waals surface area (Å²) in [6, 6.07) is 10.3. The lowest BCUT2D eigenvalue weighted by Crippen LogP contribution is -2.40. The minimum atomic E-state index is 0.149. The first-order valence-corrected chi connectivity index (χ1v) is 8.54. The molecule has 25 heavy (non-hydrogen) atoms. The van der Waals surface area contributed by atoms with Crippen molar-refractivity contribution in [2.24, 2.45) is 0 Å². The van der Waals surface area contributed by atoms with E-state index in [2.05, 4.69) is 42.1 Å². The van der Waals surface area contributed by atoms with Gasteiger partial charge in [0.2, 0.25) is 0 Å². The number of hydrogen-bond donors (Lipinski definition) is 1. The Morgan fingerprint density at radius 1 is 1.36 bits per heavy atom. The lowest BCUT2D eigenvalue weighted by atomic mass is 9.89. The molecule has 0 bridgehead atoms. The highest BCUT2D eigenvalue weighted by Gasteiger charge is 2.27. The lowest BCUT2D eigenvalue weighted by molar-refractivity contribution is 0.0105. The van der Waals surface area contributed by atoms with Crippen molar-refractivity contribution in [1.82, 2.24) is 5.32 Å². The Morgan fingerprint density at radius 3 is 2.88 bits per heavy atom. The zero-order valence-electron chi connectivity index (χ0n) is 14.3. The topological polar surface area (TPSA) is 34.4 Å². The van der Waals surface area contributed by atoms with Crippen LogP contribution in [0.2, 0.25) is 0 Å². The number of allylic oxidation sites excluding steroid dienone is 3. The summed E-state index contributed by atoms with van der Waals surface area (Å²) in [4.78, 5) is 0. The predicted molar refractivity (Wildman–Crippen MR) is 101 cm³/mol. The van der Waals surface area contributed by atoms with E-state index in [9.17, 15) is 0 Å². The zero-order chi connectivity index (χ0) is 17.5. The minimum Gasteiger partial charge on any atom is -0.472 e. The van der Waals surface area contributed by atoms with Crippen LogP contribution in [0.4, 0.5) is 0 Å². The van der Waals surface area contributed by atoms with Crippen molar-refractivity contribution in [2.75, 3.05) is 13.1 Å². The first-order valence-electron chi connectivity index (χ1n) is 8.54. The molecule has 0 aliphatic carbocycles. The summed E-state index contributed by atoms with van der Waals surface area (Å²) in [6.07, 6.45) is 13.6. The SMILES string of the molecule is C#C/C=C(\C=C)c1ccc(CO[C@H]2CNCCC2c2ccoc2)cc1. The van der Waals surface area contributed by atoms with Crippen LogP contribution in [0.25, 0.3) is 5.57 Å². The number of hydrogen-bond acceptors (Lipinski definition) is 3. The highest BCUT2D eigenvalue weighted by atomic mass is 16.5. The molecule has 2 heterocycles. The Hall–Kier alpha value is -2.54. The third-order valence-electron chi connectivity index (χ3n) is 4.61. The Kier molecular flexibility index (Phi) is 5.90. The molecule has 1 aromatic carbocycles. The number of rotatable bonds is 6. The van der Waals surface area contributed by atoms with Crippen LogP contribution >= 0.6 is 0 Å². The van der Waals surface area contributed by atoms with Gasteiger partial charge in [-0.3, -0.25) is 0 Å². The molecule has 0 spiro atoms. The maximum atomic E-state index is 6.21. The van der Waals surface area contributed by atoms with Gasteiger partial charge >= 0.3 is 0 Å². The molecule has 0 amide bonds. The second-order valence-electron chi connectivity index (χ2n) is 6.17. The molecule has 3 rings (SSSR count). The van der Waals surface area contributed by atoms with Crippen molar-refractivity contribution in [1.29, 1.82) is 0 Å². The number of terminal acetylenes is 1. The molecule has 0 radical (unpaired) electrons. The lowest BCUT2D eigenvalue weighted by Gasteiger charge is -2.31. The van der Waals surface area contributed by atoms with Gasteiger partial charge in [0.15, 0.2) is 0 Å². The summed E-state index contributed by atoms with van der Waals surface area (Å²) in [5.41, 5.74) is 4.38. The maximum Gasteiger partial charge on any atom is 0.0938 e. The Balaban J connectivity index is 1.63. The maximum absolute atomic E-state index is 6.21. The predicted octanol–water partition coefficient (Wildman–Crippen LogP) is 4.14. The normalized spacial score (nSPS) is 20.8. The van der Waals surface area contributed by atoms with Crippen LogP contribution in [0.5, 0.6) is 0 Å². The van der Waals surface area contributed by atoms with Gasteiger partial charge in [-0.1, -0.05) is 42.8 Å². The fourth-order valence-corrected chi connectivity index (χ4v) is 3.22. The van der Waals surface area contributed by atoms with Gasteiger partial charge in [0.1, 0.15) is 0 Å². The van der Waals surface area contributed by atoms with Crippen molar-refractivity contribution in [3.05, 3.63) is 78.3 Å². The molecule has 1 unspecified atom stereocenters. The van der Waals surface area contributed by atoms with Crippen LogP contribution in [0.1, 0.15) is 29.0 Å². The largest absolute Gasteiger partial charge is 0.472 e. The molecule has 1 saturated heterocycles. The Labute approximate surface area is 149 Å². The molecule has 1 fully saturated rings. The second-order valence-corrected chi connectivity index (χ2v) is 6.17. The van der Waals surface area contributed by atoms with Crippen LogP contribution in [0, 0.1) is 12.3 Å². The van der Waals surface area contributed by atoms with Crippen molar-refractivity contribution >= 4 is 5.57 Å². The van der Waals surface area contributed by atoms with E-state index in [1.165, 1.54) is 5.56 Å². The molecule has 3 nitrogen and oxygen atoms in total. The molecular weight excluding hydrogens is 310 g/mol. The minimum absolute atomic E-state index is 0.149. The van der Waals surface area contributed by atoms with E-state index in [0.29, 0.717) is 12.5 Å². The van der Waals surface area contributed by atoms with E-state index in [-0.39, 0.29) is 6.10 Å². The molecule has 1 aliphatic heterocycles. The number of nitrogens with one attached hydrogen (secondary N) is 1. The average molecular weight is 333 g/mol. The van der Waals surface area contributed by atoms with Gasteiger partial charge in [-0.15, -0.1) is 6.42 Å². The van der Waals surface area contributed by atoms with E-state index in [4.69, 9.17) is 15.6 Å². The quantitative estimate of drug-likeness (QED) is 0.637. The summed E-state index contributed by atoms with van der Waals surface area (Å²) in [5, 5.41) is 3.42. The monoisotopic (exact) mass is 333 g/mol. The van der Waals surface area contributed by atoms with Crippen molar-refractivity contribution in [3.8, 4) is 12.3 Å². The first-order chi connectivity index (χ1) is 12.3. The number of benzene rings is 1. The first kappa shape index (κ1) is 17.3. The molecule has 1 N–H and O–H groups in total. The number of piperidine rings is 1. The van der Waals surface area contributed by atoms with E-state index < -0.39 is 0 Å². The van der Waals surface area contributed by atoms with Crippen LogP contribution in [0.15, 0.2) is 66.0 Å². The fraction of sp³-hybridized carbons (Fsp3) is 0.273. The average Bonchev–Trinajstić information content (AvgIpc) is 3.20. The molecular formula is C22H23NO2. The smallest absolute Gasteiger partial charge is 0.0938 e. The highest BCUT2D eigenvalue weighted by Crippen LogP contribution is 2.28. The third kappa shape index (κ3) is 4.30. The van der Waals surface area contributed by atoms with Gasteiger partial charge in [-0.2, -0.15) is 0 Å². The van der Waals surface area contributed by atoms with Crippen LogP contribution in [-0.2, 0) is 11.3 Å². The van der Waals surface area contributed by atoms with Gasteiger partial charge < -0.3 is 14.5 Å². The summed E-state index contributed by atoms with van der Waals surface area (Å²) in [7, 11) is 0. The number of furan rings is 1. The van der Waals surface area contributed by atoms with E-state index in [1.54, 1.807) is 18.4 Å². The molecule has 2 aromatic rings. The van der Waals surface area contributed by atoms with Gasteiger partial charge in [0, 0.05) is 12.5 Å². The summed E-state index contributed by atoms with van der Waals surface area (Å²) < 4.78 is 11.4. The van der Waals surface area contributed by atoms with Crippen molar-refractivity contribution < 1.29 is 9.15 Å². The third-order valence-corrected chi connectivity index (χ3v) is 4.61. The molecule has 0 saturated carbocycles. The summed E-state index contributed by atoms with van der Waals surface area (Å²) >= 11 is 0. The van der Waals surface area contributed by atoms with Gasteiger partial charge in [-0.05, 0) is 47.4 Å². The van der Waals surface area contributed by atoms with E-state index >= 15 is 0 Å². The van der Waals surface area contributed by atoms with Gasteiger partial charge in [0.05, 0.1) is 25.2 Å². The van der Waals surface area contributed by atoms with Gasteiger partial charge in [-0.25, -0.2) is 0 Å². The molecule has 2 atom stereocenters. The zero-order valence-corrected chi connectivity index (χ0v) is 14.3. The highest BCUT2D eigenvalue weighted by molar-refractivity contribution is 5.75. The molecule has 128 valence electrons. The molecule has 1 aliphatic rings. The molecule has 3 heteroatoms. The van der Waals surface area contributed by atoms with Crippen LogP contribution in [-0.4, -0.2) is 19.2 Å². The second kappa shape index (κ2) is 8.53. The van der Waals surface area contributed by atoms with Crippen LogP contribution < -0.4 is 5.32 Å². The number of ether oxygens (including phenoxy) is 1. The molecule has 1 aromatic heterocycles. The van der Waals surface area contributed by atoms with Crippen molar-refractivity contribution in [3.63, 3.8) is 0 Å². The van der Waals surface area contributed by atoms with Crippen LogP contribution in [0.3, 0.4) is 0 Å². The Bertz CT molecular complexity index is 750. The fourth-order valence-electron chi connectivity index (χ4n) is 3.22. The Morgan fingerprint density at radius 2 is 2.20 bits per heavy atom. The van der Waals surface area contributed by atoms with E-state index in [1.807, 2.05) is 12.3 Å². The summed E-state index contributed by atoms with van der Waals surface area (Å²) in [5.74, 6) is 2.93. The summed E-state index contributed by atoms with van der Waals surface area (Å²) in [6.45, 7) is 6.26. The van der Waals surface area contributed by atoms with Crippen molar-refractivity contribution in [2.45, 2.75) is 25.0 Å². The standard InChI is InChI=1S/C22H23NO2/c1-3-5-18(4-2)19-8-6-17(7-9-19)15-25-22-14-23-12-10-21(22)20-11-13-24-16-20/h1,4-9,11,13,16,21-23H,2,10,12,14-15H2/b18-5+/t21?,22-/m0/s1.